The van der Waals surface area contributed by atoms with Crippen LogP contribution in [0.25, 0.3) is 5.65 Å². The standard InChI is InChI=1S/C14H15N7O/c22-14(11-8-15-19-16-11)20-6-3-4-10(9-20)13-18-17-12-5-1-2-7-21(12)13/h1-2,5,7-8,10H,3-4,6,9H2,(H,15,16,19)/t10-/m1/s1. The number of aromatic nitrogens is 6. The van der Waals surface area contributed by atoms with Crippen LogP contribution in [-0.2, 0) is 0 Å². The molecule has 0 aliphatic carbocycles. The summed E-state index contributed by atoms with van der Waals surface area (Å²) >= 11 is 0. The maximum Gasteiger partial charge on any atom is 0.276 e. The molecule has 1 fully saturated rings. The fourth-order valence-corrected chi connectivity index (χ4v) is 2.98. The van der Waals surface area contributed by atoms with Crippen LogP contribution in [0.2, 0.25) is 0 Å². The number of amides is 1. The Labute approximate surface area is 126 Å². The van der Waals surface area contributed by atoms with E-state index in [1.807, 2.05) is 33.7 Å². The summed E-state index contributed by atoms with van der Waals surface area (Å²) < 4.78 is 1.99. The number of nitrogens with zero attached hydrogens (tertiary/aromatic N) is 6. The zero-order valence-corrected chi connectivity index (χ0v) is 11.9. The summed E-state index contributed by atoms with van der Waals surface area (Å²) in [6.07, 6.45) is 5.36. The van der Waals surface area contributed by atoms with E-state index in [4.69, 9.17) is 0 Å². The smallest absolute Gasteiger partial charge is 0.276 e. The minimum atomic E-state index is -0.0905. The highest BCUT2D eigenvalue weighted by Crippen LogP contribution is 2.26. The quantitative estimate of drug-likeness (QED) is 0.757. The minimum Gasteiger partial charge on any atom is -0.336 e. The zero-order chi connectivity index (χ0) is 14.9. The van der Waals surface area contributed by atoms with Crippen LogP contribution < -0.4 is 0 Å². The first kappa shape index (κ1) is 12.9. The van der Waals surface area contributed by atoms with Crippen molar-refractivity contribution in [2.45, 2.75) is 18.8 Å². The fourth-order valence-electron chi connectivity index (χ4n) is 2.98. The number of pyridine rings is 1. The highest BCUT2D eigenvalue weighted by molar-refractivity contribution is 5.92. The number of hydrogen-bond donors (Lipinski definition) is 1. The monoisotopic (exact) mass is 297 g/mol. The predicted octanol–water partition coefficient (Wildman–Crippen LogP) is 0.867. The lowest BCUT2D eigenvalue weighted by Crippen LogP contribution is -2.39. The third kappa shape index (κ3) is 2.12. The lowest BCUT2D eigenvalue weighted by Gasteiger charge is -2.31. The number of carbonyl (C=O) groups excluding carboxylic acids is 1. The van der Waals surface area contributed by atoms with Crippen molar-refractivity contribution in [3.05, 3.63) is 42.1 Å². The van der Waals surface area contributed by atoms with Gasteiger partial charge in [0.1, 0.15) is 5.82 Å². The molecule has 1 amide bonds. The van der Waals surface area contributed by atoms with Crippen molar-refractivity contribution in [3.63, 3.8) is 0 Å². The van der Waals surface area contributed by atoms with Crippen molar-refractivity contribution in [1.82, 2.24) is 34.9 Å². The van der Waals surface area contributed by atoms with E-state index >= 15 is 0 Å². The second-order valence-electron chi connectivity index (χ2n) is 5.43. The Kier molecular flexibility index (Phi) is 3.06. The van der Waals surface area contributed by atoms with E-state index in [0.29, 0.717) is 12.2 Å². The molecular weight excluding hydrogens is 282 g/mol. The van der Waals surface area contributed by atoms with E-state index in [0.717, 1.165) is 30.9 Å². The van der Waals surface area contributed by atoms with Gasteiger partial charge in [-0.25, -0.2) is 0 Å². The molecule has 0 aromatic carbocycles. The molecule has 0 unspecified atom stereocenters. The van der Waals surface area contributed by atoms with Gasteiger partial charge in [0.25, 0.3) is 5.91 Å². The zero-order valence-electron chi connectivity index (χ0n) is 11.9. The molecular formula is C14H15N7O. The summed E-state index contributed by atoms with van der Waals surface area (Å²) in [6, 6.07) is 5.83. The van der Waals surface area contributed by atoms with Gasteiger partial charge in [-0.05, 0) is 25.0 Å². The van der Waals surface area contributed by atoms with Gasteiger partial charge in [0, 0.05) is 25.2 Å². The molecule has 0 spiro atoms. The number of piperidine rings is 1. The first-order valence-corrected chi connectivity index (χ1v) is 7.27. The van der Waals surface area contributed by atoms with Gasteiger partial charge >= 0.3 is 0 Å². The maximum absolute atomic E-state index is 12.4. The van der Waals surface area contributed by atoms with Crippen molar-refractivity contribution in [1.29, 1.82) is 0 Å². The Hall–Kier alpha value is -2.77. The Balaban J connectivity index is 1.60. The molecule has 8 nitrogen and oxygen atoms in total. The summed E-state index contributed by atoms with van der Waals surface area (Å²) in [4.78, 5) is 14.2. The van der Waals surface area contributed by atoms with Crippen LogP contribution in [0.15, 0.2) is 30.6 Å². The molecule has 112 valence electrons. The Morgan fingerprint density at radius 1 is 1.32 bits per heavy atom. The third-order valence-electron chi connectivity index (χ3n) is 4.05. The number of H-pyrrole nitrogens is 1. The molecule has 8 heteroatoms. The van der Waals surface area contributed by atoms with Crippen LogP contribution >= 0.6 is 0 Å². The molecule has 1 aliphatic rings. The SMILES string of the molecule is O=C(c1cn[nH]n1)N1CCC[C@@H](c2nnc3ccccn23)C1. The summed E-state index contributed by atoms with van der Waals surface area (Å²) in [5, 5.41) is 18.6. The average molecular weight is 297 g/mol. The predicted molar refractivity (Wildman–Crippen MR) is 77.2 cm³/mol. The summed E-state index contributed by atoms with van der Waals surface area (Å²) in [7, 11) is 0. The molecule has 0 saturated carbocycles. The number of nitrogens with one attached hydrogen (secondary N) is 1. The van der Waals surface area contributed by atoms with Crippen LogP contribution in [0.3, 0.4) is 0 Å². The molecule has 3 aromatic heterocycles. The second-order valence-corrected chi connectivity index (χ2v) is 5.43. The highest BCUT2D eigenvalue weighted by Gasteiger charge is 2.29. The molecule has 3 aromatic rings. The maximum atomic E-state index is 12.4. The lowest BCUT2D eigenvalue weighted by molar-refractivity contribution is 0.0698. The van der Waals surface area contributed by atoms with E-state index in [-0.39, 0.29) is 11.8 Å². The number of aromatic amines is 1. The van der Waals surface area contributed by atoms with Gasteiger partial charge < -0.3 is 4.90 Å². The van der Waals surface area contributed by atoms with Crippen LogP contribution in [0, 0.1) is 0 Å². The van der Waals surface area contributed by atoms with Crippen LogP contribution in [0.4, 0.5) is 0 Å². The van der Waals surface area contributed by atoms with Crippen LogP contribution in [0.1, 0.15) is 35.1 Å². The van der Waals surface area contributed by atoms with Gasteiger partial charge in [-0.15, -0.1) is 10.2 Å². The molecule has 0 bridgehead atoms. The fraction of sp³-hybridized carbons (Fsp3) is 0.357. The van der Waals surface area contributed by atoms with E-state index in [1.165, 1.54) is 6.20 Å². The number of hydrogen-bond acceptors (Lipinski definition) is 5. The van der Waals surface area contributed by atoms with Gasteiger partial charge in [-0.3, -0.25) is 9.20 Å². The van der Waals surface area contributed by atoms with E-state index in [9.17, 15) is 4.79 Å². The van der Waals surface area contributed by atoms with Crippen LogP contribution in [0.5, 0.6) is 0 Å². The van der Waals surface area contributed by atoms with Gasteiger partial charge in [-0.1, -0.05) is 6.07 Å². The molecule has 1 N–H and O–H groups in total. The molecule has 1 atom stereocenters. The van der Waals surface area contributed by atoms with Crippen molar-refractivity contribution >= 4 is 11.6 Å². The summed E-state index contributed by atoms with van der Waals surface area (Å²) in [5.74, 6) is 1.00. The third-order valence-corrected chi connectivity index (χ3v) is 4.05. The summed E-state index contributed by atoms with van der Waals surface area (Å²) in [6.45, 7) is 1.36. The van der Waals surface area contributed by atoms with Crippen molar-refractivity contribution < 1.29 is 4.79 Å². The normalized spacial score (nSPS) is 18.7. The minimum absolute atomic E-state index is 0.0905. The highest BCUT2D eigenvalue weighted by atomic mass is 16.2. The van der Waals surface area contributed by atoms with Crippen LogP contribution in [-0.4, -0.2) is 53.9 Å². The molecule has 4 rings (SSSR count). The molecule has 1 saturated heterocycles. The molecule has 4 heterocycles. The first-order valence-electron chi connectivity index (χ1n) is 7.27. The number of carbonyl (C=O) groups is 1. The summed E-state index contributed by atoms with van der Waals surface area (Å²) in [5.41, 5.74) is 1.18. The molecule has 22 heavy (non-hydrogen) atoms. The Bertz CT molecular complexity index is 794. The van der Waals surface area contributed by atoms with Crippen molar-refractivity contribution in [3.8, 4) is 0 Å². The number of rotatable bonds is 2. The number of likely N-dealkylation sites (tertiary alicyclic amines) is 1. The van der Waals surface area contributed by atoms with Crippen molar-refractivity contribution in [2.24, 2.45) is 0 Å². The largest absolute Gasteiger partial charge is 0.336 e. The van der Waals surface area contributed by atoms with Gasteiger partial charge in [0.2, 0.25) is 0 Å². The number of fused-ring (bicyclic) bond motifs is 1. The van der Waals surface area contributed by atoms with E-state index < -0.39 is 0 Å². The van der Waals surface area contributed by atoms with Gasteiger partial charge in [-0.2, -0.15) is 15.4 Å². The first-order chi connectivity index (χ1) is 10.8. The van der Waals surface area contributed by atoms with Gasteiger partial charge in [0.05, 0.1) is 6.20 Å². The van der Waals surface area contributed by atoms with E-state index in [1.54, 1.807) is 0 Å². The Morgan fingerprint density at radius 2 is 2.27 bits per heavy atom. The average Bonchev–Trinajstić information content (AvgIpc) is 3.24. The van der Waals surface area contributed by atoms with E-state index in [2.05, 4.69) is 25.6 Å². The molecule has 1 aliphatic heterocycles. The lowest BCUT2D eigenvalue weighted by atomic mass is 9.97. The van der Waals surface area contributed by atoms with Crippen molar-refractivity contribution in [2.75, 3.05) is 13.1 Å². The molecule has 0 radical (unpaired) electrons. The van der Waals surface area contributed by atoms with Gasteiger partial charge in [0.15, 0.2) is 11.3 Å². The second kappa shape index (κ2) is 5.21. The topological polar surface area (TPSA) is 92.1 Å². The Morgan fingerprint density at radius 3 is 3.14 bits per heavy atom.